The third-order valence-electron chi connectivity index (χ3n) is 12.4. The van der Waals surface area contributed by atoms with E-state index in [-0.39, 0.29) is 5.92 Å². The van der Waals surface area contributed by atoms with Gasteiger partial charge in [-0.15, -0.1) is 0 Å². The first-order valence-electron chi connectivity index (χ1n) is 21.3. The number of fused-ring (bicyclic) bond motifs is 4. The van der Waals surface area contributed by atoms with Crippen LogP contribution in [0, 0.1) is 0 Å². The van der Waals surface area contributed by atoms with Crippen molar-refractivity contribution in [3.63, 3.8) is 0 Å². The second-order valence-corrected chi connectivity index (χ2v) is 16.0. The summed E-state index contributed by atoms with van der Waals surface area (Å²) >= 11 is 0. The lowest BCUT2D eigenvalue weighted by Crippen LogP contribution is -2.10. The Morgan fingerprint density at radius 2 is 0.820 bits per heavy atom. The van der Waals surface area contributed by atoms with Crippen LogP contribution in [0.5, 0.6) is 0 Å². The molecule has 61 heavy (non-hydrogen) atoms. The maximum absolute atomic E-state index is 2.51. The third-order valence-corrected chi connectivity index (χ3v) is 12.4. The Labute approximate surface area is 357 Å². The second kappa shape index (κ2) is 15.8. The van der Waals surface area contributed by atoms with Gasteiger partial charge in [0.25, 0.3) is 0 Å². The lowest BCUT2D eigenvalue weighted by atomic mass is 9.81. The van der Waals surface area contributed by atoms with E-state index in [1.807, 2.05) is 0 Å². The molecular weight excluding hydrogens is 735 g/mol. The lowest BCUT2D eigenvalue weighted by Gasteiger charge is -2.28. The third kappa shape index (κ3) is 6.71. The van der Waals surface area contributed by atoms with Gasteiger partial charge in [0.2, 0.25) is 0 Å². The molecule has 0 radical (unpaired) electrons. The normalized spacial score (nSPS) is 11.9. The molecule has 0 saturated heterocycles. The van der Waals surface area contributed by atoms with Crippen LogP contribution in [-0.2, 0) is 6.42 Å². The van der Waals surface area contributed by atoms with Crippen LogP contribution in [0.4, 0.5) is 17.1 Å². The fourth-order valence-electron chi connectivity index (χ4n) is 9.63. The molecule has 0 aromatic heterocycles. The van der Waals surface area contributed by atoms with Gasteiger partial charge in [0.1, 0.15) is 0 Å². The van der Waals surface area contributed by atoms with Crippen LogP contribution < -0.4 is 4.90 Å². The highest BCUT2D eigenvalue weighted by Crippen LogP contribution is 2.48. The Bertz CT molecular complexity index is 3310. The molecule has 1 unspecified atom stereocenters. The Hall–Kier alpha value is -7.74. The van der Waals surface area contributed by atoms with Crippen molar-refractivity contribution in [3.8, 4) is 22.3 Å². The number of para-hydroxylation sites is 1. The highest BCUT2D eigenvalue weighted by atomic mass is 15.1. The molecule has 288 valence electrons. The van der Waals surface area contributed by atoms with Crippen molar-refractivity contribution < 1.29 is 0 Å². The maximum Gasteiger partial charge on any atom is 0.0540 e. The monoisotopic (exact) mass is 777 g/mol. The molecule has 0 fully saturated rings. The molecule has 1 nitrogen and oxygen atoms in total. The van der Waals surface area contributed by atoms with E-state index in [0.717, 1.165) is 23.5 Å². The van der Waals surface area contributed by atoms with E-state index < -0.39 is 0 Å². The van der Waals surface area contributed by atoms with E-state index in [4.69, 9.17) is 0 Å². The SMILES string of the molecule is c1ccc(-c2c3ccc(N(c4ccccc4)c4cccc5ccccc45)cc3c(-c3ccccc3)c3ccc(C(Cc4cccc5ccccc45)c4ccccc4)cc23)cc1. The smallest absolute Gasteiger partial charge is 0.0540 e. The van der Waals surface area contributed by atoms with E-state index in [2.05, 4.69) is 248 Å². The molecule has 0 spiro atoms. The van der Waals surface area contributed by atoms with Crippen LogP contribution >= 0.6 is 0 Å². The molecule has 1 atom stereocenters. The van der Waals surface area contributed by atoms with Gasteiger partial charge < -0.3 is 4.90 Å². The van der Waals surface area contributed by atoms with Gasteiger partial charge >= 0.3 is 0 Å². The average molecular weight is 778 g/mol. The molecular formula is C60H43N. The first kappa shape index (κ1) is 36.3. The summed E-state index contributed by atoms with van der Waals surface area (Å²) in [6.07, 6.45) is 0.892. The second-order valence-electron chi connectivity index (χ2n) is 16.0. The Balaban J connectivity index is 1.19. The fraction of sp³-hybridized carbons (Fsp3) is 0.0333. The molecule has 11 rings (SSSR count). The largest absolute Gasteiger partial charge is 0.310 e. The number of hydrogen-bond acceptors (Lipinski definition) is 1. The highest BCUT2D eigenvalue weighted by molar-refractivity contribution is 6.22. The summed E-state index contributed by atoms with van der Waals surface area (Å²) in [5.41, 5.74) is 12.3. The number of benzene rings is 11. The molecule has 0 aliphatic heterocycles. The van der Waals surface area contributed by atoms with Crippen LogP contribution in [0.3, 0.4) is 0 Å². The summed E-state index contributed by atoms with van der Waals surface area (Å²) in [6, 6.07) is 89.1. The van der Waals surface area contributed by atoms with Gasteiger partial charge in [-0.1, -0.05) is 206 Å². The molecule has 0 amide bonds. The molecule has 0 bridgehead atoms. The zero-order valence-corrected chi connectivity index (χ0v) is 33.8. The topological polar surface area (TPSA) is 3.24 Å². The lowest BCUT2D eigenvalue weighted by molar-refractivity contribution is 0.811. The number of anilines is 3. The predicted molar refractivity (Wildman–Crippen MR) is 260 cm³/mol. The fourth-order valence-corrected chi connectivity index (χ4v) is 9.63. The molecule has 0 heterocycles. The molecule has 11 aromatic rings. The predicted octanol–water partition coefficient (Wildman–Crippen LogP) is 16.5. The van der Waals surface area contributed by atoms with Crippen molar-refractivity contribution in [2.45, 2.75) is 12.3 Å². The van der Waals surface area contributed by atoms with Crippen LogP contribution in [0.25, 0.3) is 65.3 Å². The van der Waals surface area contributed by atoms with Gasteiger partial charge in [-0.05, 0) is 119 Å². The zero-order valence-electron chi connectivity index (χ0n) is 33.8. The first-order valence-corrected chi connectivity index (χ1v) is 21.3. The number of nitrogens with zero attached hydrogens (tertiary/aromatic N) is 1. The summed E-state index contributed by atoms with van der Waals surface area (Å²) in [5.74, 6) is 0.151. The molecule has 1 heteroatoms. The summed E-state index contributed by atoms with van der Waals surface area (Å²) in [7, 11) is 0. The summed E-state index contributed by atoms with van der Waals surface area (Å²) in [6.45, 7) is 0. The summed E-state index contributed by atoms with van der Waals surface area (Å²) in [4.78, 5) is 2.42. The standard InChI is InChI=1S/C60H43N/c1-5-19-44(20-6-1)55(39-47-29-17-27-42-21-13-15-32-51(42)47)48-35-37-53-56(40-48)59(45-23-7-2-8-24-45)54-38-36-50(41-57(54)60(53)46-25-9-3-10-26-46)61(49-30-11-4-12-31-49)58-34-18-28-43-22-14-16-33-52(43)58/h1-38,40-41,55H,39H2. The Kier molecular flexibility index (Phi) is 9.41. The van der Waals surface area contributed by atoms with E-state index in [1.165, 1.54) is 82.0 Å². The molecule has 0 saturated carbocycles. The first-order chi connectivity index (χ1) is 30.3. The van der Waals surface area contributed by atoms with Crippen molar-refractivity contribution in [1.29, 1.82) is 0 Å². The Morgan fingerprint density at radius 3 is 1.49 bits per heavy atom. The van der Waals surface area contributed by atoms with Crippen molar-refractivity contribution in [2.75, 3.05) is 4.90 Å². The van der Waals surface area contributed by atoms with Crippen LogP contribution in [-0.4, -0.2) is 0 Å². The van der Waals surface area contributed by atoms with E-state index in [9.17, 15) is 0 Å². The quantitative estimate of drug-likeness (QED) is 0.132. The van der Waals surface area contributed by atoms with Gasteiger partial charge in [0, 0.05) is 22.7 Å². The van der Waals surface area contributed by atoms with E-state index in [0.29, 0.717) is 0 Å². The van der Waals surface area contributed by atoms with E-state index >= 15 is 0 Å². The maximum atomic E-state index is 2.51. The van der Waals surface area contributed by atoms with Gasteiger partial charge in [-0.2, -0.15) is 0 Å². The number of rotatable bonds is 9. The van der Waals surface area contributed by atoms with Crippen molar-refractivity contribution in [1.82, 2.24) is 0 Å². The molecule has 0 aliphatic carbocycles. The summed E-state index contributed by atoms with van der Waals surface area (Å²) in [5, 5.41) is 9.98. The molecule has 11 aromatic carbocycles. The zero-order chi connectivity index (χ0) is 40.5. The average Bonchev–Trinajstić information content (AvgIpc) is 3.33. The highest BCUT2D eigenvalue weighted by Gasteiger charge is 2.23. The minimum atomic E-state index is 0.151. The minimum Gasteiger partial charge on any atom is -0.310 e. The molecule has 0 aliphatic rings. The van der Waals surface area contributed by atoms with Crippen LogP contribution in [0.1, 0.15) is 22.6 Å². The van der Waals surface area contributed by atoms with Crippen LogP contribution in [0.2, 0.25) is 0 Å². The van der Waals surface area contributed by atoms with Crippen LogP contribution in [0.15, 0.2) is 243 Å². The number of hydrogen-bond donors (Lipinski definition) is 0. The van der Waals surface area contributed by atoms with E-state index in [1.54, 1.807) is 0 Å². The van der Waals surface area contributed by atoms with Crippen molar-refractivity contribution >= 4 is 60.2 Å². The van der Waals surface area contributed by atoms with Gasteiger partial charge in [-0.3, -0.25) is 0 Å². The minimum absolute atomic E-state index is 0.151. The Morgan fingerprint density at radius 1 is 0.311 bits per heavy atom. The summed E-state index contributed by atoms with van der Waals surface area (Å²) < 4.78 is 0. The molecule has 0 N–H and O–H groups in total. The van der Waals surface area contributed by atoms with Gasteiger partial charge in [-0.25, -0.2) is 0 Å². The van der Waals surface area contributed by atoms with Crippen molar-refractivity contribution in [2.24, 2.45) is 0 Å². The van der Waals surface area contributed by atoms with Gasteiger partial charge in [0.15, 0.2) is 0 Å². The van der Waals surface area contributed by atoms with Gasteiger partial charge in [0.05, 0.1) is 5.69 Å². The van der Waals surface area contributed by atoms with Crippen molar-refractivity contribution in [3.05, 3.63) is 259 Å².